The normalized spacial score (nSPS) is 18.3. The smallest absolute Gasteiger partial charge is 0.350 e. The van der Waals surface area contributed by atoms with E-state index in [0.29, 0.717) is 13.2 Å². The number of ether oxygens (including phenoxy) is 2. The third-order valence-corrected chi connectivity index (χ3v) is 2.00. The highest BCUT2D eigenvalue weighted by Crippen LogP contribution is 2.22. The lowest BCUT2D eigenvalue weighted by Crippen LogP contribution is -2.15. The van der Waals surface area contributed by atoms with Crippen LogP contribution < -0.4 is 0 Å². The lowest BCUT2D eigenvalue weighted by molar-refractivity contribution is -0.138. The maximum absolute atomic E-state index is 11.8. The third-order valence-electron chi connectivity index (χ3n) is 2.00. The van der Waals surface area contributed by atoms with Crippen LogP contribution in [0.2, 0.25) is 0 Å². The summed E-state index contributed by atoms with van der Waals surface area (Å²) in [6, 6.07) is 0. The number of alkyl halides is 3. The fourth-order valence-corrected chi connectivity index (χ4v) is 1.30. The zero-order chi connectivity index (χ0) is 11.3. The molecule has 1 fully saturated rings. The first-order chi connectivity index (χ1) is 6.97. The Labute approximate surface area is 85.5 Å². The molecule has 0 saturated carbocycles. The summed E-state index contributed by atoms with van der Waals surface area (Å²) in [6.45, 7) is 0.890. The molecule has 0 radical (unpaired) electrons. The van der Waals surface area contributed by atoms with Crippen molar-refractivity contribution in [3.63, 3.8) is 0 Å². The Balaban J connectivity index is 2.08. The summed E-state index contributed by atoms with van der Waals surface area (Å²) in [5.41, 5.74) is 0. The summed E-state index contributed by atoms with van der Waals surface area (Å²) in [5.74, 6) is -0.244. The van der Waals surface area contributed by atoms with Gasteiger partial charge in [-0.1, -0.05) is 0 Å². The van der Waals surface area contributed by atoms with Crippen molar-refractivity contribution in [1.29, 1.82) is 0 Å². The SMILES string of the molecule is O=C(CCCC(F)(F)F)CC1OCCO1. The van der Waals surface area contributed by atoms with Crippen LogP contribution in [-0.4, -0.2) is 31.5 Å². The van der Waals surface area contributed by atoms with E-state index in [1.807, 2.05) is 0 Å². The van der Waals surface area contributed by atoms with Gasteiger partial charge in [0.2, 0.25) is 0 Å². The maximum Gasteiger partial charge on any atom is 0.389 e. The Kier molecular flexibility index (Phi) is 4.53. The van der Waals surface area contributed by atoms with Crippen molar-refractivity contribution < 1.29 is 27.4 Å². The van der Waals surface area contributed by atoms with E-state index in [0.717, 1.165) is 0 Å². The molecular formula is C9H13F3O3. The van der Waals surface area contributed by atoms with Crippen LogP contribution in [-0.2, 0) is 14.3 Å². The number of carbonyl (C=O) groups is 1. The quantitative estimate of drug-likeness (QED) is 0.719. The van der Waals surface area contributed by atoms with Crippen LogP contribution in [0, 0.1) is 0 Å². The molecule has 88 valence electrons. The highest BCUT2D eigenvalue weighted by Gasteiger charge is 2.27. The molecule has 0 spiro atoms. The summed E-state index contributed by atoms with van der Waals surface area (Å²) in [5, 5.41) is 0. The van der Waals surface area contributed by atoms with E-state index < -0.39 is 18.9 Å². The van der Waals surface area contributed by atoms with Gasteiger partial charge in [0.25, 0.3) is 0 Å². The van der Waals surface area contributed by atoms with Gasteiger partial charge in [0.15, 0.2) is 6.29 Å². The number of hydrogen-bond acceptors (Lipinski definition) is 3. The van der Waals surface area contributed by atoms with E-state index in [1.165, 1.54) is 0 Å². The molecule has 0 aromatic rings. The van der Waals surface area contributed by atoms with Gasteiger partial charge in [0.1, 0.15) is 5.78 Å². The Morgan fingerprint density at radius 1 is 1.27 bits per heavy atom. The monoisotopic (exact) mass is 226 g/mol. The first kappa shape index (κ1) is 12.4. The number of carbonyl (C=O) groups excluding carboxylic acids is 1. The molecule has 0 unspecified atom stereocenters. The number of ketones is 1. The molecule has 0 N–H and O–H groups in total. The van der Waals surface area contributed by atoms with Crippen molar-refractivity contribution in [2.45, 2.75) is 38.1 Å². The van der Waals surface area contributed by atoms with E-state index >= 15 is 0 Å². The number of Topliss-reactive ketones (excluding diaryl/α,β-unsaturated/α-hetero) is 1. The summed E-state index contributed by atoms with van der Waals surface area (Å²) in [4.78, 5) is 11.2. The van der Waals surface area contributed by atoms with Gasteiger partial charge in [0, 0.05) is 12.8 Å². The molecule has 0 aromatic heterocycles. The van der Waals surface area contributed by atoms with Gasteiger partial charge < -0.3 is 9.47 Å². The van der Waals surface area contributed by atoms with Crippen molar-refractivity contribution >= 4 is 5.78 Å². The molecule has 1 rings (SSSR count). The van der Waals surface area contributed by atoms with E-state index in [9.17, 15) is 18.0 Å². The molecule has 0 bridgehead atoms. The second-order valence-corrected chi connectivity index (χ2v) is 3.38. The van der Waals surface area contributed by atoms with Gasteiger partial charge in [-0.2, -0.15) is 13.2 Å². The molecule has 3 nitrogen and oxygen atoms in total. The van der Waals surface area contributed by atoms with Crippen LogP contribution >= 0.6 is 0 Å². The number of rotatable bonds is 5. The summed E-state index contributed by atoms with van der Waals surface area (Å²) < 4.78 is 45.3. The second-order valence-electron chi connectivity index (χ2n) is 3.38. The molecule has 6 heteroatoms. The Bertz CT molecular complexity index is 209. The van der Waals surface area contributed by atoms with Crippen molar-refractivity contribution in [2.24, 2.45) is 0 Å². The highest BCUT2D eigenvalue weighted by atomic mass is 19.4. The molecule has 1 saturated heterocycles. The summed E-state index contributed by atoms with van der Waals surface area (Å²) >= 11 is 0. The van der Waals surface area contributed by atoms with E-state index in [2.05, 4.69) is 0 Å². The summed E-state index contributed by atoms with van der Waals surface area (Å²) in [6.07, 6.45) is -5.81. The van der Waals surface area contributed by atoms with Crippen molar-refractivity contribution in [3.05, 3.63) is 0 Å². The second kappa shape index (κ2) is 5.46. The molecule has 1 aliphatic heterocycles. The van der Waals surface area contributed by atoms with Crippen molar-refractivity contribution in [2.75, 3.05) is 13.2 Å². The largest absolute Gasteiger partial charge is 0.389 e. The van der Waals surface area contributed by atoms with Gasteiger partial charge >= 0.3 is 6.18 Å². The molecule has 0 aromatic carbocycles. The standard InChI is InChI=1S/C9H13F3O3/c10-9(11,12)3-1-2-7(13)6-8-14-4-5-15-8/h8H,1-6H2. The minimum Gasteiger partial charge on any atom is -0.350 e. The van der Waals surface area contributed by atoms with Gasteiger partial charge in [-0.25, -0.2) is 0 Å². The predicted octanol–water partition coefficient (Wildman–Crippen LogP) is 2.05. The zero-order valence-electron chi connectivity index (χ0n) is 8.18. The molecule has 0 atom stereocenters. The average molecular weight is 226 g/mol. The molecular weight excluding hydrogens is 213 g/mol. The third kappa shape index (κ3) is 5.74. The van der Waals surface area contributed by atoms with Crippen LogP contribution in [0.5, 0.6) is 0 Å². The molecule has 15 heavy (non-hydrogen) atoms. The lowest BCUT2D eigenvalue weighted by Gasteiger charge is -2.08. The minimum atomic E-state index is -4.18. The van der Waals surface area contributed by atoms with Crippen molar-refractivity contribution in [1.82, 2.24) is 0 Å². The average Bonchev–Trinajstić information content (AvgIpc) is 2.54. The van der Waals surface area contributed by atoms with Gasteiger partial charge in [-0.3, -0.25) is 4.79 Å². The Morgan fingerprint density at radius 2 is 1.87 bits per heavy atom. The van der Waals surface area contributed by atoms with Crippen molar-refractivity contribution in [3.8, 4) is 0 Å². The van der Waals surface area contributed by atoms with Gasteiger partial charge in [0.05, 0.1) is 19.6 Å². The lowest BCUT2D eigenvalue weighted by atomic mass is 10.1. The van der Waals surface area contributed by atoms with Crippen LogP contribution in [0.3, 0.4) is 0 Å². The maximum atomic E-state index is 11.8. The molecule has 1 heterocycles. The first-order valence-electron chi connectivity index (χ1n) is 4.79. The Morgan fingerprint density at radius 3 is 2.40 bits per heavy atom. The predicted molar refractivity (Wildman–Crippen MR) is 45.2 cm³/mol. The number of halogens is 3. The zero-order valence-corrected chi connectivity index (χ0v) is 8.18. The van der Waals surface area contributed by atoms with Gasteiger partial charge in [-0.15, -0.1) is 0 Å². The van der Waals surface area contributed by atoms with Crippen LogP contribution in [0.1, 0.15) is 25.7 Å². The van der Waals surface area contributed by atoms with E-state index in [-0.39, 0.29) is 25.0 Å². The first-order valence-corrected chi connectivity index (χ1v) is 4.79. The summed E-state index contributed by atoms with van der Waals surface area (Å²) in [7, 11) is 0. The topological polar surface area (TPSA) is 35.5 Å². The Hall–Kier alpha value is -0.620. The highest BCUT2D eigenvalue weighted by molar-refractivity contribution is 5.78. The van der Waals surface area contributed by atoms with Crippen LogP contribution in [0.4, 0.5) is 13.2 Å². The minimum absolute atomic E-state index is 0.0534. The van der Waals surface area contributed by atoms with E-state index in [1.54, 1.807) is 0 Å². The van der Waals surface area contributed by atoms with Crippen LogP contribution in [0.25, 0.3) is 0 Å². The molecule has 0 aliphatic carbocycles. The fourth-order valence-electron chi connectivity index (χ4n) is 1.30. The fraction of sp³-hybridized carbons (Fsp3) is 0.889. The number of hydrogen-bond donors (Lipinski definition) is 0. The molecule has 0 amide bonds. The van der Waals surface area contributed by atoms with E-state index in [4.69, 9.17) is 9.47 Å². The van der Waals surface area contributed by atoms with Gasteiger partial charge in [-0.05, 0) is 6.42 Å². The van der Waals surface area contributed by atoms with Crippen LogP contribution in [0.15, 0.2) is 0 Å². The molecule has 1 aliphatic rings.